The summed E-state index contributed by atoms with van der Waals surface area (Å²) in [5.41, 5.74) is 3.68. The highest BCUT2D eigenvalue weighted by atomic mass is 32.1. The number of hydrogen-bond donors (Lipinski definition) is 1. The number of furan rings is 1. The number of carbonyl (C=O) groups excluding carboxylic acids is 1. The maximum absolute atomic E-state index is 12.6. The van der Waals surface area contributed by atoms with Crippen molar-refractivity contribution in [3.63, 3.8) is 0 Å². The second-order valence-electron chi connectivity index (χ2n) is 7.30. The Balaban J connectivity index is 1.63. The van der Waals surface area contributed by atoms with E-state index < -0.39 is 5.63 Å². The maximum Gasteiger partial charge on any atom is 0.340 e. The first-order valence-corrected chi connectivity index (χ1v) is 10.6. The molecule has 31 heavy (non-hydrogen) atoms. The van der Waals surface area contributed by atoms with Crippen molar-refractivity contribution in [3.8, 4) is 11.1 Å². The average molecular weight is 430 g/mol. The third-order valence-electron chi connectivity index (χ3n) is 5.35. The molecule has 0 radical (unpaired) electrons. The summed E-state index contributed by atoms with van der Waals surface area (Å²) in [6.45, 7) is 3.76. The van der Waals surface area contributed by atoms with Crippen LogP contribution in [0.2, 0.25) is 0 Å². The van der Waals surface area contributed by atoms with E-state index in [2.05, 4.69) is 10.3 Å². The summed E-state index contributed by atoms with van der Waals surface area (Å²) in [5, 5.41) is 6.69. The molecule has 0 saturated heterocycles. The average Bonchev–Trinajstić information content (AvgIpc) is 3.37. The molecule has 0 atom stereocenters. The van der Waals surface area contributed by atoms with E-state index in [1.165, 1.54) is 11.3 Å². The summed E-state index contributed by atoms with van der Waals surface area (Å²) in [5.74, 6) is 0.481. The van der Waals surface area contributed by atoms with Crippen molar-refractivity contribution in [3.05, 3.63) is 81.3 Å². The second-order valence-corrected chi connectivity index (χ2v) is 8.19. The number of hydrogen-bond acceptors (Lipinski definition) is 6. The maximum atomic E-state index is 12.6. The highest BCUT2D eigenvalue weighted by molar-refractivity contribution is 7.13. The van der Waals surface area contributed by atoms with Gasteiger partial charge < -0.3 is 14.2 Å². The fraction of sp³-hybridized carbons (Fsp3) is 0.125. The van der Waals surface area contributed by atoms with E-state index in [0.717, 1.165) is 33.2 Å². The molecule has 3 heterocycles. The highest BCUT2D eigenvalue weighted by Crippen LogP contribution is 2.37. The third kappa shape index (κ3) is 3.43. The Morgan fingerprint density at radius 2 is 1.84 bits per heavy atom. The molecule has 0 unspecified atom stereocenters. The molecule has 0 bridgehead atoms. The number of thiazole rings is 1. The molecular weight excluding hydrogens is 412 g/mol. The van der Waals surface area contributed by atoms with Gasteiger partial charge in [-0.3, -0.25) is 4.79 Å². The Labute approximate surface area is 181 Å². The molecule has 5 rings (SSSR count). The Bertz CT molecular complexity index is 1480. The Morgan fingerprint density at radius 1 is 1.06 bits per heavy atom. The number of aryl methyl sites for hydroxylation is 2. The predicted molar refractivity (Wildman–Crippen MR) is 122 cm³/mol. The monoisotopic (exact) mass is 430 g/mol. The quantitative estimate of drug-likeness (QED) is 0.383. The molecule has 0 aliphatic carbocycles. The van der Waals surface area contributed by atoms with Crippen LogP contribution in [-0.2, 0) is 11.2 Å². The molecule has 6 nitrogen and oxygen atoms in total. The molecule has 1 amide bonds. The van der Waals surface area contributed by atoms with Gasteiger partial charge in [-0.15, -0.1) is 11.3 Å². The third-order valence-corrected chi connectivity index (χ3v) is 6.04. The van der Waals surface area contributed by atoms with E-state index in [1.807, 2.05) is 50.2 Å². The van der Waals surface area contributed by atoms with E-state index in [9.17, 15) is 9.59 Å². The zero-order chi connectivity index (χ0) is 21.5. The summed E-state index contributed by atoms with van der Waals surface area (Å²) in [6, 6.07) is 13.7. The number of fused-ring (bicyclic) bond motifs is 2. The summed E-state index contributed by atoms with van der Waals surface area (Å²) in [7, 11) is 0. The van der Waals surface area contributed by atoms with Gasteiger partial charge in [0.2, 0.25) is 5.91 Å². The van der Waals surface area contributed by atoms with Crippen LogP contribution in [0.4, 0.5) is 5.13 Å². The predicted octanol–water partition coefficient (Wildman–Crippen LogP) is 5.46. The topological polar surface area (TPSA) is 85.3 Å². The molecule has 0 spiro atoms. The van der Waals surface area contributed by atoms with Crippen molar-refractivity contribution in [2.24, 2.45) is 0 Å². The Hall–Kier alpha value is -3.71. The van der Waals surface area contributed by atoms with Gasteiger partial charge in [-0.2, -0.15) is 0 Å². The zero-order valence-corrected chi connectivity index (χ0v) is 17.7. The first kappa shape index (κ1) is 19.3. The number of carbonyl (C=O) groups is 1. The fourth-order valence-corrected chi connectivity index (χ4v) is 4.42. The molecule has 3 aromatic heterocycles. The van der Waals surface area contributed by atoms with Crippen LogP contribution < -0.4 is 10.9 Å². The van der Waals surface area contributed by atoms with Gasteiger partial charge in [0.15, 0.2) is 5.13 Å². The molecule has 0 aliphatic heterocycles. The molecular formula is C24H18N2O4S. The number of anilines is 1. The Morgan fingerprint density at radius 3 is 2.58 bits per heavy atom. The van der Waals surface area contributed by atoms with Gasteiger partial charge in [0.05, 0.1) is 12.0 Å². The van der Waals surface area contributed by atoms with Crippen LogP contribution >= 0.6 is 11.3 Å². The molecule has 154 valence electrons. The smallest absolute Gasteiger partial charge is 0.340 e. The largest absolute Gasteiger partial charge is 0.461 e. The number of benzene rings is 2. The molecule has 1 N–H and O–H groups in total. The van der Waals surface area contributed by atoms with Gasteiger partial charge in [-0.1, -0.05) is 30.3 Å². The molecule has 5 aromatic rings. The van der Waals surface area contributed by atoms with Crippen molar-refractivity contribution < 1.29 is 13.6 Å². The van der Waals surface area contributed by atoms with Crippen molar-refractivity contribution in [1.29, 1.82) is 0 Å². The normalized spacial score (nSPS) is 11.3. The van der Waals surface area contributed by atoms with Crippen molar-refractivity contribution in [2.75, 3.05) is 5.32 Å². The lowest BCUT2D eigenvalue weighted by Gasteiger charge is -2.08. The summed E-state index contributed by atoms with van der Waals surface area (Å²) in [4.78, 5) is 29.1. The van der Waals surface area contributed by atoms with Crippen molar-refractivity contribution >= 4 is 44.3 Å². The standard InChI is InChI=1S/C24H18N2O4S/c1-13-16-10-18-20(29-14(2)22(18)15-6-4-3-5-7-15)12-19(16)30-23(28)17(13)11-21(27)26-24-25-8-9-31-24/h3-10,12H,11H2,1-2H3,(H,25,26,27). The van der Waals surface area contributed by atoms with Crippen LogP contribution in [0.5, 0.6) is 0 Å². The van der Waals surface area contributed by atoms with E-state index in [0.29, 0.717) is 21.9 Å². The number of aromatic nitrogens is 1. The van der Waals surface area contributed by atoms with Crippen LogP contribution in [0.1, 0.15) is 16.9 Å². The highest BCUT2D eigenvalue weighted by Gasteiger charge is 2.19. The first-order valence-electron chi connectivity index (χ1n) is 9.75. The van der Waals surface area contributed by atoms with Crippen LogP contribution in [0.3, 0.4) is 0 Å². The van der Waals surface area contributed by atoms with E-state index in [4.69, 9.17) is 8.83 Å². The molecule has 0 fully saturated rings. The molecule has 0 aliphatic rings. The summed E-state index contributed by atoms with van der Waals surface area (Å²) in [6.07, 6.45) is 1.52. The second kappa shape index (κ2) is 7.52. The minimum atomic E-state index is -0.523. The number of rotatable bonds is 4. The van der Waals surface area contributed by atoms with E-state index in [-0.39, 0.29) is 12.3 Å². The minimum Gasteiger partial charge on any atom is -0.461 e. The van der Waals surface area contributed by atoms with Crippen molar-refractivity contribution in [2.45, 2.75) is 20.3 Å². The zero-order valence-electron chi connectivity index (χ0n) is 16.9. The van der Waals surface area contributed by atoms with Gasteiger partial charge in [0.25, 0.3) is 0 Å². The summed E-state index contributed by atoms with van der Waals surface area (Å²) >= 11 is 1.32. The lowest BCUT2D eigenvalue weighted by Crippen LogP contribution is -2.20. The van der Waals surface area contributed by atoms with Crippen LogP contribution in [0.25, 0.3) is 33.1 Å². The Kier molecular flexibility index (Phi) is 4.67. The van der Waals surface area contributed by atoms with E-state index in [1.54, 1.807) is 17.6 Å². The fourth-order valence-electron chi connectivity index (χ4n) is 3.88. The number of nitrogens with zero attached hydrogens (tertiary/aromatic N) is 1. The van der Waals surface area contributed by atoms with Crippen LogP contribution in [-0.4, -0.2) is 10.9 Å². The van der Waals surface area contributed by atoms with Crippen LogP contribution in [0, 0.1) is 13.8 Å². The lowest BCUT2D eigenvalue weighted by molar-refractivity contribution is -0.115. The molecule has 2 aromatic carbocycles. The van der Waals surface area contributed by atoms with Gasteiger partial charge >= 0.3 is 5.63 Å². The minimum absolute atomic E-state index is 0.0856. The SMILES string of the molecule is Cc1oc2cc3oc(=O)c(CC(=O)Nc4nccs4)c(C)c3cc2c1-c1ccccc1. The van der Waals surface area contributed by atoms with E-state index >= 15 is 0 Å². The van der Waals surface area contributed by atoms with Gasteiger partial charge in [-0.25, -0.2) is 9.78 Å². The number of nitrogens with one attached hydrogen (secondary N) is 1. The van der Waals surface area contributed by atoms with Gasteiger partial charge in [0, 0.05) is 34.0 Å². The van der Waals surface area contributed by atoms with Gasteiger partial charge in [-0.05, 0) is 31.0 Å². The molecule has 0 saturated carbocycles. The van der Waals surface area contributed by atoms with Crippen molar-refractivity contribution in [1.82, 2.24) is 4.98 Å². The first-order chi connectivity index (χ1) is 15.0. The number of amides is 1. The van der Waals surface area contributed by atoms with Gasteiger partial charge in [0.1, 0.15) is 16.9 Å². The van der Waals surface area contributed by atoms with Crippen LogP contribution in [0.15, 0.2) is 67.7 Å². The lowest BCUT2D eigenvalue weighted by atomic mass is 9.98. The molecule has 7 heteroatoms. The summed E-state index contributed by atoms with van der Waals surface area (Å²) < 4.78 is 11.5.